The molecule has 0 radical (unpaired) electrons. The molecular formula is C8H17NO3. The summed E-state index contributed by atoms with van der Waals surface area (Å²) in [6.07, 6.45) is 2.59. The smallest absolute Gasteiger partial charge is 0.294 e. The zero-order valence-corrected chi connectivity index (χ0v) is 7.95. The maximum Gasteiger partial charge on any atom is 0.294 e. The molecule has 0 heterocycles. The monoisotopic (exact) mass is 175 g/mol. The van der Waals surface area contributed by atoms with Crippen LogP contribution in [0.1, 0.15) is 40.0 Å². The van der Waals surface area contributed by atoms with Gasteiger partial charge in [0, 0.05) is 0 Å². The predicted molar refractivity (Wildman–Crippen MR) is 46.2 cm³/mol. The minimum Gasteiger partial charge on any atom is -0.311 e. The molecule has 12 heavy (non-hydrogen) atoms. The fourth-order valence-electron chi connectivity index (χ4n) is 1.01. The molecule has 0 aliphatic rings. The van der Waals surface area contributed by atoms with E-state index < -0.39 is 5.09 Å². The molecule has 0 fully saturated rings. The van der Waals surface area contributed by atoms with Crippen molar-refractivity contribution in [1.29, 1.82) is 0 Å². The molecular weight excluding hydrogens is 158 g/mol. The minimum atomic E-state index is -0.722. The molecule has 1 atom stereocenters. The highest BCUT2D eigenvalue weighted by atomic mass is 17.0. The van der Waals surface area contributed by atoms with Crippen molar-refractivity contribution in [3.05, 3.63) is 10.1 Å². The quantitative estimate of drug-likeness (QED) is 0.460. The highest BCUT2D eigenvalue weighted by Crippen LogP contribution is 2.09. The van der Waals surface area contributed by atoms with Crippen molar-refractivity contribution in [2.24, 2.45) is 5.92 Å². The summed E-state index contributed by atoms with van der Waals surface area (Å²) in [6, 6.07) is 0. The number of hydrogen-bond acceptors (Lipinski definition) is 3. The zero-order chi connectivity index (χ0) is 9.56. The lowest BCUT2D eigenvalue weighted by atomic mass is 10.1. The minimum absolute atomic E-state index is 0.265. The van der Waals surface area contributed by atoms with Crippen LogP contribution in [-0.4, -0.2) is 11.2 Å². The lowest BCUT2D eigenvalue weighted by Crippen LogP contribution is -2.13. The van der Waals surface area contributed by atoms with Crippen molar-refractivity contribution in [3.63, 3.8) is 0 Å². The lowest BCUT2D eigenvalue weighted by molar-refractivity contribution is -0.767. The molecule has 4 nitrogen and oxygen atoms in total. The van der Waals surface area contributed by atoms with E-state index in [9.17, 15) is 10.1 Å². The Labute approximate surface area is 73.0 Å². The highest BCUT2D eigenvalue weighted by molar-refractivity contribution is 4.51. The van der Waals surface area contributed by atoms with Crippen LogP contribution in [0.4, 0.5) is 0 Å². The molecule has 0 aliphatic heterocycles. The highest BCUT2D eigenvalue weighted by Gasteiger charge is 2.06. The van der Waals surface area contributed by atoms with E-state index in [1.807, 2.05) is 0 Å². The van der Waals surface area contributed by atoms with Crippen LogP contribution in [-0.2, 0) is 4.84 Å². The first kappa shape index (κ1) is 11.2. The van der Waals surface area contributed by atoms with E-state index in [0.29, 0.717) is 5.92 Å². The maximum atomic E-state index is 9.89. The molecule has 0 aromatic carbocycles. The topological polar surface area (TPSA) is 52.4 Å². The van der Waals surface area contributed by atoms with Gasteiger partial charge in [0.25, 0.3) is 5.09 Å². The SMILES string of the molecule is CC(C)CCC[C@H](C)O[N+](=O)[O-]. The van der Waals surface area contributed by atoms with E-state index in [0.717, 1.165) is 19.3 Å². The Morgan fingerprint density at radius 1 is 1.33 bits per heavy atom. The Morgan fingerprint density at radius 3 is 2.33 bits per heavy atom. The third kappa shape index (κ3) is 7.31. The first-order valence-electron chi connectivity index (χ1n) is 4.33. The molecule has 0 amide bonds. The Kier molecular flexibility index (Phi) is 5.41. The van der Waals surface area contributed by atoms with Crippen LogP contribution in [0.15, 0.2) is 0 Å². The second-order valence-electron chi connectivity index (χ2n) is 3.46. The van der Waals surface area contributed by atoms with Gasteiger partial charge in [0.1, 0.15) is 6.10 Å². The van der Waals surface area contributed by atoms with Crippen LogP contribution >= 0.6 is 0 Å². The summed E-state index contributed by atoms with van der Waals surface area (Å²) in [4.78, 5) is 14.2. The van der Waals surface area contributed by atoms with Crippen molar-refractivity contribution in [1.82, 2.24) is 0 Å². The first-order valence-corrected chi connectivity index (χ1v) is 4.33. The number of nitrogens with zero attached hydrogens (tertiary/aromatic N) is 1. The van der Waals surface area contributed by atoms with Gasteiger partial charge in [-0.15, -0.1) is 10.1 Å². The third-order valence-electron chi connectivity index (χ3n) is 1.66. The lowest BCUT2D eigenvalue weighted by Gasteiger charge is -2.09. The molecule has 0 N–H and O–H groups in total. The number of hydrogen-bond donors (Lipinski definition) is 0. The Balaban J connectivity index is 3.31. The number of rotatable bonds is 6. The van der Waals surface area contributed by atoms with Gasteiger partial charge in [0.2, 0.25) is 0 Å². The largest absolute Gasteiger partial charge is 0.311 e. The van der Waals surface area contributed by atoms with Gasteiger partial charge in [-0.25, -0.2) is 0 Å². The molecule has 0 spiro atoms. The summed E-state index contributed by atoms with van der Waals surface area (Å²) in [7, 11) is 0. The van der Waals surface area contributed by atoms with Crippen LogP contribution in [0.2, 0.25) is 0 Å². The molecule has 0 aromatic rings. The molecule has 0 bridgehead atoms. The third-order valence-corrected chi connectivity index (χ3v) is 1.66. The Morgan fingerprint density at radius 2 is 1.92 bits per heavy atom. The van der Waals surface area contributed by atoms with Gasteiger partial charge >= 0.3 is 0 Å². The fourth-order valence-corrected chi connectivity index (χ4v) is 1.01. The van der Waals surface area contributed by atoms with Gasteiger partial charge in [-0.2, -0.15) is 0 Å². The van der Waals surface area contributed by atoms with Crippen LogP contribution < -0.4 is 0 Å². The molecule has 0 saturated carbocycles. The Bertz CT molecular complexity index is 136. The zero-order valence-electron chi connectivity index (χ0n) is 7.95. The van der Waals surface area contributed by atoms with Gasteiger partial charge < -0.3 is 4.84 Å². The van der Waals surface area contributed by atoms with Crippen LogP contribution in [0, 0.1) is 16.0 Å². The van der Waals surface area contributed by atoms with E-state index in [4.69, 9.17) is 0 Å². The fraction of sp³-hybridized carbons (Fsp3) is 1.00. The summed E-state index contributed by atoms with van der Waals surface area (Å²) in [6.45, 7) is 6.00. The van der Waals surface area contributed by atoms with E-state index in [1.54, 1.807) is 6.92 Å². The predicted octanol–water partition coefficient (Wildman–Crippen LogP) is 2.41. The van der Waals surface area contributed by atoms with Gasteiger partial charge in [0.15, 0.2) is 0 Å². The van der Waals surface area contributed by atoms with Crippen molar-refractivity contribution >= 4 is 0 Å². The molecule has 72 valence electrons. The molecule has 0 rings (SSSR count). The second-order valence-corrected chi connectivity index (χ2v) is 3.46. The standard InChI is InChI=1S/C8H17NO3/c1-7(2)5-4-6-8(3)12-9(10)11/h7-8H,4-6H2,1-3H3/t8-/m0/s1. The van der Waals surface area contributed by atoms with E-state index in [1.165, 1.54) is 0 Å². The molecule has 4 heteroatoms. The summed E-state index contributed by atoms with van der Waals surface area (Å²) in [5.74, 6) is 0.660. The molecule has 0 aromatic heterocycles. The normalized spacial score (nSPS) is 13.0. The van der Waals surface area contributed by atoms with Gasteiger partial charge in [-0.3, -0.25) is 0 Å². The van der Waals surface area contributed by atoms with Crippen molar-refractivity contribution in [2.75, 3.05) is 0 Å². The van der Waals surface area contributed by atoms with E-state index in [2.05, 4.69) is 18.7 Å². The van der Waals surface area contributed by atoms with Gasteiger partial charge in [-0.05, 0) is 19.3 Å². The van der Waals surface area contributed by atoms with Crippen LogP contribution in [0.25, 0.3) is 0 Å². The summed E-state index contributed by atoms with van der Waals surface area (Å²) >= 11 is 0. The van der Waals surface area contributed by atoms with Crippen molar-refractivity contribution < 1.29 is 9.92 Å². The average molecular weight is 175 g/mol. The van der Waals surface area contributed by atoms with Crippen LogP contribution in [0.3, 0.4) is 0 Å². The van der Waals surface area contributed by atoms with E-state index in [-0.39, 0.29) is 6.10 Å². The van der Waals surface area contributed by atoms with Crippen LogP contribution in [0.5, 0.6) is 0 Å². The van der Waals surface area contributed by atoms with Gasteiger partial charge in [0.05, 0.1) is 0 Å². The van der Waals surface area contributed by atoms with Crippen molar-refractivity contribution in [3.8, 4) is 0 Å². The summed E-state index contributed by atoms with van der Waals surface area (Å²) in [5.41, 5.74) is 0. The average Bonchev–Trinajstić information content (AvgIpc) is 1.84. The summed E-state index contributed by atoms with van der Waals surface area (Å²) < 4.78 is 0. The molecule has 0 aliphatic carbocycles. The molecule has 0 unspecified atom stereocenters. The van der Waals surface area contributed by atoms with Crippen molar-refractivity contribution in [2.45, 2.75) is 46.1 Å². The first-order chi connectivity index (χ1) is 5.52. The summed E-state index contributed by atoms with van der Waals surface area (Å²) in [5, 5.41) is 9.17. The maximum absolute atomic E-state index is 9.89. The Hall–Kier alpha value is -0.800. The van der Waals surface area contributed by atoms with E-state index >= 15 is 0 Å². The van der Waals surface area contributed by atoms with Gasteiger partial charge in [-0.1, -0.05) is 26.7 Å². The molecule has 0 saturated heterocycles. The second kappa shape index (κ2) is 5.80.